The number of halogens is 1. The number of anilines is 1. The zero-order valence-corrected chi connectivity index (χ0v) is 22.7. The van der Waals surface area contributed by atoms with E-state index in [4.69, 9.17) is 0 Å². The van der Waals surface area contributed by atoms with Gasteiger partial charge in [0.1, 0.15) is 12.4 Å². The molecule has 0 atom stereocenters. The van der Waals surface area contributed by atoms with Gasteiger partial charge in [-0.05, 0) is 73.9 Å². The number of carbonyl (C=O) groups excluding carboxylic acids is 2. The topological polar surface area (TPSA) is 102 Å². The highest BCUT2D eigenvalue weighted by Gasteiger charge is 2.27. The van der Waals surface area contributed by atoms with Crippen LogP contribution < -0.4 is 21.9 Å². The second-order valence-corrected chi connectivity index (χ2v) is 10.6. The Balaban J connectivity index is 1.25. The number of rotatable bonds is 9. The van der Waals surface area contributed by atoms with Gasteiger partial charge in [-0.25, -0.2) is 9.18 Å². The fraction of sp³-hybridized carbons (Fsp3) is 0.312. The number of benzene rings is 3. The van der Waals surface area contributed by atoms with E-state index in [2.05, 4.69) is 10.6 Å². The molecule has 1 saturated carbocycles. The molecule has 0 aliphatic heterocycles. The summed E-state index contributed by atoms with van der Waals surface area (Å²) in [6.45, 7) is 0.476. The van der Waals surface area contributed by atoms with Crippen molar-refractivity contribution in [3.63, 3.8) is 0 Å². The molecule has 4 aromatic rings. The van der Waals surface area contributed by atoms with Crippen molar-refractivity contribution in [3.8, 4) is 0 Å². The quantitative estimate of drug-likeness (QED) is 0.324. The Kier molecular flexibility index (Phi) is 8.72. The molecule has 0 spiro atoms. The molecule has 3 aromatic carbocycles. The molecule has 0 saturated heterocycles. The van der Waals surface area contributed by atoms with Crippen molar-refractivity contribution in [1.29, 1.82) is 0 Å². The van der Waals surface area contributed by atoms with E-state index in [0.717, 1.165) is 19.3 Å². The Labute approximate surface area is 236 Å². The fourth-order valence-electron chi connectivity index (χ4n) is 5.58. The van der Waals surface area contributed by atoms with Crippen LogP contribution in [0, 0.1) is 17.7 Å². The van der Waals surface area contributed by atoms with Gasteiger partial charge in [-0.2, -0.15) is 0 Å². The number of fused-ring (bicyclic) bond motifs is 1. The Hall–Kier alpha value is -4.53. The molecule has 1 heterocycles. The van der Waals surface area contributed by atoms with Crippen molar-refractivity contribution in [2.24, 2.45) is 11.8 Å². The number of hydrogen-bond donors (Lipinski definition) is 2. The summed E-state index contributed by atoms with van der Waals surface area (Å²) in [7, 11) is 0. The van der Waals surface area contributed by atoms with Crippen LogP contribution in [-0.4, -0.2) is 27.5 Å². The van der Waals surface area contributed by atoms with Crippen molar-refractivity contribution in [3.05, 3.63) is 111 Å². The van der Waals surface area contributed by atoms with Crippen molar-refractivity contribution in [2.75, 3.05) is 11.9 Å². The molecule has 1 aliphatic carbocycles. The molecule has 0 unspecified atom stereocenters. The van der Waals surface area contributed by atoms with Crippen LogP contribution in [0.15, 0.2) is 88.5 Å². The number of carbonyl (C=O) groups is 2. The highest BCUT2D eigenvalue weighted by Crippen LogP contribution is 2.29. The van der Waals surface area contributed by atoms with Gasteiger partial charge in [-0.3, -0.25) is 23.5 Å². The van der Waals surface area contributed by atoms with Gasteiger partial charge in [0.05, 0.1) is 10.9 Å². The van der Waals surface area contributed by atoms with Crippen LogP contribution in [0.3, 0.4) is 0 Å². The van der Waals surface area contributed by atoms with Crippen LogP contribution in [0.2, 0.25) is 0 Å². The molecule has 1 aliphatic rings. The smallest absolute Gasteiger partial charge is 0.331 e. The second-order valence-electron chi connectivity index (χ2n) is 10.6. The molecule has 9 heteroatoms. The maximum atomic E-state index is 13.6. The van der Waals surface area contributed by atoms with Crippen LogP contribution in [-0.2, 0) is 29.1 Å². The molecule has 212 valence electrons. The minimum Gasteiger partial charge on any atom is -0.356 e. The Morgan fingerprint density at radius 2 is 1.59 bits per heavy atom. The van der Waals surface area contributed by atoms with Gasteiger partial charge in [-0.1, -0.05) is 48.5 Å². The van der Waals surface area contributed by atoms with Gasteiger partial charge in [0, 0.05) is 24.7 Å². The Bertz CT molecular complexity index is 1660. The van der Waals surface area contributed by atoms with E-state index < -0.39 is 23.0 Å². The lowest BCUT2D eigenvalue weighted by Crippen LogP contribution is -2.43. The molecule has 2 N–H and O–H groups in total. The number of para-hydroxylation sites is 1. The highest BCUT2D eigenvalue weighted by atomic mass is 19.1. The van der Waals surface area contributed by atoms with Gasteiger partial charge in [-0.15, -0.1) is 0 Å². The highest BCUT2D eigenvalue weighted by molar-refractivity contribution is 5.91. The summed E-state index contributed by atoms with van der Waals surface area (Å²) in [5, 5.41) is 6.00. The average Bonchev–Trinajstić information content (AvgIpc) is 2.98. The summed E-state index contributed by atoms with van der Waals surface area (Å²) < 4.78 is 16.1. The van der Waals surface area contributed by atoms with Crippen molar-refractivity contribution >= 4 is 28.4 Å². The van der Waals surface area contributed by atoms with Crippen molar-refractivity contribution < 1.29 is 14.0 Å². The van der Waals surface area contributed by atoms with E-state index in [1.54, 1.807) is 30.3 Å². The SMILES string of the molecule is O=C(Cn1c(=O)n(CC2CCC(C(=O)NCCc3ccccc3)CC2)c(=O)c2ccccc21)Nc1cccc(F)c1. The minimum absolute atomic E-state index is 0.0499. The first kappa shape index (κ1) is 28.0. The number of hydrogen-bond acceptors (Lipinski definition) is 4. The molecule has 5 rings (SSSR count). The lowest BCUT2D eigenvalue weighted by molar-refractivity contribution is -0.126. The predicted octanol–water partition coefficient (Wildman–Crippen LogP) is 4.11. The number of nitrogens with zero attached hydrogens (tertiary/aromatic N) is 2. The van der Waals surface area contributed by atoms with Crippen molar-refractivity contribution in [1.82, 2.24) is 14.5 Å². The molecule has 2 amide bonds. The zero-order valence-electron chi connectivity index (χ0n) is 22.7. The third kappa shape index (κ3) is 6.80. The van der Waals surface area contributed by atoms with Gasteiger partial charge >= 0.3 is 5.69 Å². The van der Waals surface area contributed by atoms with Crippen molar-refractivity contribution in [2.45, 2.75) is 45.2 Å². The molecule has 0 radical (unpaired) electrons. The second kappa shape index (κ2) is 12.8. The van der Waals surface area contributed by atoms with Crippen LogP contribution in [0.1, 0.15) is 31.2 Å². The maximum absolute atomic E-state index is 13.6. The van der Waals surface area contributed by atoms with E-state index in [1.807, 2.05) is 30.3 Å². The predicted molar refractivity (Wildman–Crippen MR) is 156 cm³/mol. The van der Waals surface area contributed by atoms with E-state index in [1.165, 1.54) is 32.9 Å². The molecule has 41 heavy (non-hydrogen) atoms. The standard InChI is InChI=1S/C32H33FN4O4/c33-25-9-6-10-26(19-25)35-29(38)21-36-28-12-5-4-11-27(28)31(40)37(32(36)41)20-23-13-15-24(16-14-23)30(39)34-18-17-22-7-2-1-3-8-22/h1-12,19,23-24H,13-18,20-21H2,(H,34,39)(H,35,38). The van der Waals surface area contributed by atoms with E-state index in [-0.39, 0.29) is 36.5 Å². The van der Waals surface area contributed by atoms with Gasteiger partial charge in [0.25, 0.3) is 5.56 Å². The number of aromatic nitrogens is 2. The zero-order chi connectivity index (χ0) is 28.8. The summed E-state index contributed by atoms with van der Waals surface area (Å²) in [5.41, 5.74) is 0.858. The monoisotopic (exact) mass is 556 g/mol. The van der Waals surface area contributed by atoms with Crippen LogP contribution in [0.5, 0.6) is 0 Å². The first-order valence-electron chi connectivity index (χ1n) is 14.0. The summed E-state index contributed by atoms with van der Waals surface area (Å²) in [4.78, 5) is 52.4. The van der Waals surface area contributed by atoms with E-state index >= 15 is 0 Å². The Morgan fingerprint density at radius 1 is 0.854 bits per heavy atom. The number of amides is 2. The molecule has 0 bridgehead atoms. The molecule has 8 nitrogen and oxygen atoms in total. The minimum atomic E-state index is -0.566. The van der Waals surface area contributed by atoms with Crippen LogP contribution >= 0.6 is 0 Å². The van der Waals surface area contributed by atoms with Gasteiger partial charge < -0.3 is 10.6 Å². The van der Waals surface area contributed by atoms with E-state index in [0.29, 0.717) is 30.3 Å². The first-order valence-corrected chi connectivity index (χ1v) is 14.0. The number of nitrogens with one attached hydrogen (secondary N) is 2. The summed E-state index contributed by atoms with van der Waals surface area (Å²) in [6.07, 6.45) is 3.59. The lowest BCUT2D eigenvalue weighted by atomic mass is 9.81. The molecular formula is C32H33FN4O4. The summed E-state index contributed by atoms with van der Waals surface area (Å²) >= 11 is 0. The molecule has 1 fully saturated rings. The molecular weight excluding hydrogens is 523 g/mol. The summed E-state index contributed by atoms with van der Waals surface area (Å²) in [6, 6.07) is 22.2. The van der Waals surface area contributed by atoms with Gasteiger partial charge in [0.15, 0.2) is 0 Å². The Morgan fingerprint density at radius 3 is 2.34 bits per heavy atom. The van der Waals surface area contributed by atoms with Crippen LogP contribution in [0.4, 0.5) is 10.1 Å². The maximum Gasteiger partial charge on any atom is 0.331 e. The lowest BCUT2D eigenvalue weighted by Gasteiger charge is -2.28. The average molecular weight is 557 g/mol. The van der Waals surface area contributed by atoms with Gasteiger partial charge in [0.2, 0.25) is 11.8 Å². The first-order chi connectivity index (χ1) is 19.9. The third-order valence-corrected chi connectivity index (χ3v) is 7.76. The van der Waals surface area contributed by atoms with E-state index in [9.17, 15) is 23.6 Å². The normalized spacial score (nSPS) is 16.8. The van der Waals surface area contributed by atoms with Crippen LogP contribution in [0.25, 0.3) is 10.9 Å². The fourth-order valence-corrected chi connectivity index (χ4v) is 5.58. The molecule has 1 aromatic heterocycles. The largest absolute Gasteiger partial charge is 0.356 e. The third-order valence-electron chi connectivity index (χ3n) is 7.76. The summed E-state index contributed by atoms with van der Waals surface area (Å²) in [5.74, 6) is -0.970.